The Labute approximate surface area is 92.4 Å². The summed E-state index contributed by atoms with van der Waals surface area (Å²) in [4.78, 5) is 10.3. The Balaban J connectivity index is 2.00. The van der Waals surface area contributed by atoms with Crippen molar-refractivity contribution in [1.82, 2.24) is 0 Å². The molecule has 2 bridgehead atoms. The van der Waals surface area contributed by atoms with Gasteiger partial charge in [-0.2, -0.15) is 0 Å². The molecule has 0 saturated heterocycles. The fourth-order valence-corrected chi connectivity index (χ4v) is 3.59. The lowest BCUT2D eigenvalue weighted by molar-refractivity contribution is -0.138. The lowest BCUT2D eigenvalue weighted by Crippen LogP contribution is -2.46. The molecule has 0 N–H and O–H groups in total. The van der Waals surface area contributed by atoms with Crippen molar-refractivity contribution >= 4 is 6.47 Å². The molecule has 0 aromatic carbocycles. The van der Waals surface area contributed by atoms with Gasteiger partial charge in [0.1, 0.15) is 0 Å². The van der Waals surface area contributed by atoms with E-state index in [0.717, 1.165) is 5.92 Å². The molecule has 2 nitrogen and oxygen atoms in total. The fraction of sp³-hybridized carbons (Fsp3) is 0.923. The summed E-state index contributed by atoms with van der Waals surface area (Å²) in [5, 5.41) is 0. The van der Waals surface area contributed by atoms with Gasteiger partial charge in [0.2, 0.25) is 0 Å². The van der Waals surface area contributed by atoms with E-state index in [1.54, 1.807) is 0 Å². The van der Waals surface area contributed by atoms with Gasteiger partial charge in [-0.15, -0.1) is 0 Å². The molecule has 3 rings (SSSR count). The van der Waals surface area contributed by atoms with Crippen molar-refractivity contribution in [3.63, 3.8) is 0 Å². The Morgan fingerprint density at radius 3 is 2.07 bits per heavy atom. The number of hydrogen-bond acceptors (Lipinski definition) is 2. The van der Waals surface area contributed by atoms with Crippen LogP contribution in [0, 0.1) is 16.7 Å². The molecule has 0 spiro atoms. The minimum Gasteiger partial charge on any atom is -0.467 e. The van der Waals surface area contributed by atoms with Crippen LogP contribution in [0.4, 0.5) is 0 Å². The highest BCUT2D eigenvalue weighted by Crippen LogP contribution is 2.59. The molecule has 2 heteroatoms. The summed E-state index contributed by atoms with van der Waals surface area (Å²) in [6, 6.07) is 0. The summed E-state index contributed by atoms with van der Waals surface area (Å²) >= 11 is 0. The second-order valence-corrected chi connectivity index (χ2v) is 5.92. The van der Waals surface area contributed by atoms with Crippen LogP contribution in [0.3, 0.4) is 0 Å². The van der Waals surface area contributed by atoms with Crippen LogP contribution in [0.25, 0.3) is 0 Å². The first-order chi connectivity index (χ1) is 7.13. The first kappa shape index (κ1) is 11.0. The molecule has 0 amide bonds. The molecule has 0 heterocycles. The average Bonchev–Trinajstić information content (AvgIpc) is 2.29. The Hall–Kier alpha value is -0.530. The van der Waals surface area contributed by atoms with Crippen LogP contribution in [0.2, 0.25) is 0 Å². The third-order valence-electron chi connectivity index (χ3n) is 5.14. The van der Waals surface area contributed by atoms with Crippen LogP contribution >= 0.6 is 0 Å². The number of carbonyl (C=O) groups excluding carboxylic acids is 1. The van der Waals surface area contributed by atoms with Gasteiger partial charge in [0.15, 0.2) is 0 Å². The normalized spacial score (nSPS) is 39.4. The van der Waals surface area contributed by atoms with Crippen LogP contribution in [-0.2, 0) is 9.53 Å². The van der Waals surface area contributed by atoms with E-state index in [1.165, 1.54) is 38.5 Å². The van der Waals surface area contributed by atoms with Gasteiger partial charge in [0.25, 0.3) is 6.47 Å². The van der Waals surface area contributed by atoms with E-state index in [2.05, 4.69) is 13.8 Å². The maximum Gasteiger partial charge on any atom is 0.293 e. The zero-order valence-electron chi connectivity index (χ0n) is 9.92. The summed E-state index contributed by atoms with van der Waals surface area (Å²) < 4.78 is 5.00. The Kier molecular flexibility index (Phi) is 2.78. The van der Waals surface area contributed by atoms with E-state index in [4.69, 9.17) is 4.74 Å². The van der Waals surface area contributed by atoms with Crippen LogP contribution in [-0.4, -0.2) is 13.1 Å². The van der Waals surface area contributed by atoms with Gasteiger partial charge >= 0.3 is 0 Å². The molecule has 0 aromatic rings. The molecular weight excluding hydrogens is 188 g/mol. The molecular formula is C13H22O2. The molecule has 0 radical (unpaired) electrons. The zero-order valence-corrected chi connectivity index (χ0v) is 9.92. The van der Waals surface area contributed by atoms with Crippen molar-refractivity contribution in [1.29, 1.82) is 0 Å². The molecule has 3 saturated carbocycles. The fourth-order valence-electron chi connectivity index (χ4n) is 3.59. The minimum atomic E-state index is 0.345. The van der Waals surface area contributed by atoms with Crippen molar-refractivity contribution in [2.75, 3.05) is 6.61 Å². The lowest BCUT2D eigenvalue weighted by atomic mass is 9.51. The standard InChI is InChI=1S/C13H22O2/c1-11(2)13-6-3-12(4-7-13,5-8-13)9-15-10-14/h10-11H,3-9H2,1-2H3. The SMILES string of the molecule is CC(C)C12CCC(COC=O)(CC1)CC2. The number of carbonyl (C=O) groups is 1. The molecule has 0 unspecified atom stereocenters. The van der Waals surface area contributed by atoms with Crippen molar-refractivity contribution in [2.24, 2.45) is 16.7 Å². The van der Waals surface area contributed by atoms with E-state index < -0.39 is 0 Å². The first-order valence-electron chi connectivity index (χ1n) is 6.18. The summed E-state index contributed by atoms with van der Waals surface area (Å²) in [7, 11) is 0. The van der Waals surface area contributed by atoms with Gasteiger partial charge in [0.05, 0.1) is 6.61 Å². The zero-order chi connectivity index (χ0) is 10.9. The Morgan fingerprint density at radius 2 is 1.67 bits per heavy atom. The molecule has 86 valence electrons. The quantitative estimate of drug-likeness (QED) is 0.666. The Morgan fingerprint density at radius 1 is 1.13 bits per heavy atom. The largest absolute Gasteiger partial charge is 0.467 e. The average molecular weight is 210 g/mol. The maximum atomic E-state index is 10.3. The van der Waals surface area contributed by atoms with E-state index >= 15 is 0 Å². The monoisotopic (exact) mass is 210 g/mol. The highest BCUT2D eigenvalue weighted by atomic mass is 16.5. The lowest BCUT2D eigenvalue weighted by Gasteiger charge is -2.55. The van der Waals surface area contributed by atoms with E-state index in [-0.39, 0.29) is 0 Å². The summed E-state index contributed by atoms with van der Waals surface area (Å²) in [6.07, 6.45) is 7.81. The smallest absolute Gasteiger partial charge is 0.293 e. The third-order valence-corrected chi connectivity index (χ3v) is 5.14. The van der Waals surface area contributed by atoms with Crippen molar-refractivity contribution in [2.45, 2.75) is 52.4 Å². The van der Waals surface area contributed by atoms with Crippen molar-refractivity contribution in [3.8, 4) is 0 Å². The van der Waals surface area contributed by atoms with Gasteiger partial charge in [0, 0.05) is 5.41 Å². The van der Waals surface area contributed by atoms with E-state index in [0.29, 0.717) is 23.9 Å². The van der Waals surface area contributed by atoms with Gasteiger partial charge in [-0.25, -0.2) is 0 Å². The topological polar surface area (TPSA) is 26.3 Å². The molecule has 0 aliphatic heterocycles. The predicted molar refractivity (Wildman–Crippen MR) is 59.4 cm³/mol. The summed E-state index contributed by atoms with van der Waals surface area (Å²) in [5.41, 5.74) is 0.959. The molecule has 3 aliphatic carbocycles. The van der Waals surface area contributed by atoms with E-state index in [9.17, 15) is 4.79 Å². The molecule has 0 atom stereocenters. The van der Waals surface area contributed by atoms with Crippen LogP contribution < -0.4 is 0 Å². The first-order valence-corrected chi connectivity index (χ1v) is 6.18. The highest BCUT2D eigenvalue weighted by molar-refractivity contribution is 5.37. The molecule has 3 fully saturated rings. The number of rotatable bonds is 4. The van der Waals surface area contributed by atoms with Gasteiger partial charge in [-0.1, -0.05) is 13.8 Å². The van der Waals surface area contributed by atoms with Crippen LogP contribution in [0.1, 0.15) is 52.4 Å². The Bertz CT molecular complexity index is 220. The van der Waals surface area contributed by atoms with Crippen LogP contribution in [0.15, 0.2) is 0 Å². The molecule has 0 aromatic heterocycles. The van der Waals surface area contributed by atoms with E-state index in [1.807, 2.05) is 0 Å². The predicted octanol–water partition coefficient (Wildman–Crippen LogP) is 3.16. The van der Waals surface area contributed by atoms with Crippen molar-refractivity contribution in [3.05, 3.63) is 0 Å². The second kappa shape index (κ2) is 3.80. The maximum absolute atomic E-state index is 10.3. The molecule has 3 aliphatic rings. The second-order valence-electron chi connectivity index (χ2n) is 5.92. The summed E-state index contributed by atoms with van der Waals surface area (Å²) in [6.45, 7) is 5.98. The minimum absolute atomic E-state index is 0.345. The van der Waals surface area contributed by atoms with Crippen molar-refractivity contribution < 1.29 is 9.53 Å². The summed E-state index contributed by atoms with van der Waals surface area (Å²) in [5.74, 6) is 0.808. The van der Waals surface area contributed by atoms with Crippen LogP contribution in [0.5, 0.6) is 0 Å². The van der Waals surface area contributed by atoms with Gasteiger partial charge < -0.3 is 4.74 Å². The van der Waals surface area contributed by atoms with Gasteiger partial charge in [-0.05, 0) is 49.9 Å². The highest BCUT2D eigenvalue weighted by Gasteiger charge is 2.49. The van der Waals surface area contributed by atoms with Gasteiger partial charge in [-0.3, -0.25) is 4.79 Å². The number of ether oxygens (including phenoxy) is 1. The number of hydrogen-bond donors (Lipinski definition) is 0. The molecule has 15 heavy (non-hydrogen) atoms. The number of fused-ring (bicyclic) bond motifs is 3. The third kappa shape index (κ3) is 1.79.